The lowest BCUT2D eigenvalue weighted by Gasteiger charge is -2.26. The maximum absolute atomic E-state index is 13.4. The summed E-state index contributed by atoms with van der Waals surface area (Å²) in [6, 6.07) is 8.22. The number of rotatable bonds is 7. The summed E-state index contributed by atoms with van der Waals surface area (Å²) in [4.78, 5) is 24.6. The van der Waals surface area contributed by atoms with Crippen LogP contribution in [0.25, 0.3) is 5.69 Å². The maximum Gasteiger partial charge on any atom is 0.435 e. The molecule has 0 aliphatic heterocycles. The van der Waals surface area contributed by atoms with Crippen molar-refractivity contribution in [2.75, 3.05) is 20.2 Å². The van der Waals surface area contributed by atoms with Gasteiger partial charge in [0, 0.05) is 32.3 Å². The van der Waals surface area contributed by atoms with Crippen molar-refractivity contribution in [3.63, 3.8) is 0 Å². The topological polar surface area (TPSA) is 85.3 Å². The number of carbonyl (C=O) groups is 2. The van der Waals surface area contributed by atoms with Gasteiger partial charge >= 0.3 is 6.18 Å². The molecule has 2 N–H and O–H groups in total. The van der Waals surface area contributed by atoms with Crippen LogP contribution in [0.3, 0.4) is 0 Å². The second kappa shape index (κ2) is 9.95. The average molecular weight is 438 g/mol. The number of nitrogens with one attached hydrogen (secondary N) is 2. The highest BCUT2D eigenvalue weighted by atomic mass is 19.4. The van der Waals surface area contributed by atoms with Crippen molar-refractivity contribution in [3.05, 3.63) is 47.8 Å². The van der Waals surface area contributed by atoms with E-state index in [2.05, 4.69) is 15.7 Å². The number of alkyl halides is 3. The number of hydrogen-bond donors (Lipinski definition) is 2. The van der Waals surface area contributed by atoms with E-state index in [0.29, 0.717) is 5.69 Å². The minimum absolute atomic E-state index is 0.00576. The molecular formula is C21H25F3N4O3. The number of nitrogens with zero attached hydrogens (tertiary/aromatic N) is 2. The van der Waals surface area contributed by atoms with E-state index in [4.69, 9.17) is 4.74 Å². The van der Waals surface area contributed by atoms with E-state index >= 15 is 0 Å². The third-order valence-corrected chi connectivity index (χ3v) is 5.34. The third kappa shape index (κ3) is 5.84. The van der Waals surface area contributed by atoms with Crippen molar-refractivity contribution < 1.29 is 27.5 Å². The molecule has 1 fully saturated rings. The van der Waals surface area contributed by atoms with Crippen LogP contribution in [0.4, 0.5) is 13.2 Å². The smallest absolute Gasteiger partial charge is 0.381 e. The van der Waals surface area contributed by atoms with Crippen LogP contribution in [-0.4, -0.2) is 47.9 Å². The number of hydrogen-bond acceptors (Lipinski definition) is 4. The van der Waals surface area contributed by atoms with Crippen LogP contribution in [0.15, 0.2) is 36.5 Å². The third-order valence-electron chi connectivity index (χ3n) is 5.34. The molecule has 1 aromatic carbocycles. The number of carbonyl (C=O) groups excluding carboxylic acids is 2. The van der Waals surface area contributed by atoms with E-state index in [1.54, 1.807) is 37.4 Å². The first kappa shape index (κ1) is 22.8. The number of ether oxygens (including phenoxy) is 1. The summed E-state index contributed by atoms with van der Waals surface area (Å²) in [6.45, 7) is 0.134. The van der Waals surface area contributed by atoms with E-state index in [-0.39, 0.29) is 31.0 Å². The predicted octanol–water partition coefficient (Wildman–Crippen LogP) is 2.94. The predicted molar refractivity (Wildman–Crippen MR) is 107 cm³/mol. The number of benzene rings is 1. The van der Waals surface area contributed by atoms with Crippen LogP contribution in [-0.2, 0) is 15.7 Å². The van der Waals surface area contributed by atoms with Gasteiger partial charge in [-0.05, 0) is 37.8 Å². The summed E-state index contributed by atoms with van der Waals surface area (Å²) in [6.07, 6.45) is -0.451. The zero-order valence-corrected chi connectivity index (χ0v) is 17.1. The highest BCUT2D eigenvalue weighted by Crippen LogP contribution is 2.31. The van der Waals surface area contributed by atoms with Crippen molar-refractivity contribution in [3.8, 4) is 5.69 Å². The van der Waals surface area contributed by atoms with Crippen LogP contribution < -0.4 is 10.6 Å². The second-order valence-corrected chi connectivity index (χ2v) is 7.43. The van der Waals surface area contributed by atoms with Crippen LogP contribution in [0.5, 0.6) is 0 Å². The van der Waals surface area contributed by atoms with E-state index in [1.165, 1.54) is 0 Å². The number of methoxy groups -OCH3 is 1. The molecule has 0 bridgehead atoms. The Bertz CT molecular complexity index is 891. The Morgan fingerprint density at radius 1 is 1.10 bits per heavy atom. The fourth-order valence-corrected chi connectivity index (χ4v) is 3.62. The quantitative estimate of drug-likeness (QED) is 0.651. The first-order chi connectivity index (χ1) is 14.8. The van der Waals surface area contributed by atoms with Gasteiger partial charge in [-0.3, -0.25) is 9.59 Å². The summed E-state index contributed by atoms with van der Waals surface area (Å²) in [5.74, 6) is -1.12. The molecule has 0 radical (unpaired) electrons. The van der Waals surface area contributed by atoms with Crippen molar-refractivity contribution in [1.29, 1.82) is 0 Å². The Morgan fingerprint density at radius 2 is 1.74 bits per heavy atom. The molecule has 0 atom stereocenters. The molecule has 0 spiro atoms. The van der Waals surface area contributed by atoms with Gasteiger partial charge in [0.2, 0.25) is 5.91 Å². The van der Waals surface area contributed by atoms with Gasteiger partial charge in [-0.2, -0.15) is 18.3 Å². The van der Waals surface area contributed by atoms with Gasteiger partial charge in [0.05, 0.1) is 17.4 Å². The SMILES string of the molecule is COC1CCC(C(=O)NCCNC(=O)c2cn(-c3ccccc3)nc2C(F)(F)F)CC1. The summed E-state index contributed by atoms with van der Waals surface area (Å²) in [5, 5.41) is 8.71. The molecule has 10 heteroatoms. The highest BCUT2D eigenvalue weighted by molar-refractivity contribution is 5.95. The van der Waals surface area contributed by atoms with Gasteiger partial charge < -0.3 is 15.4 Å². The van der Waals surface area contributed by atoms with Crippen LogP contribution in [0, 0.1) is 5.92 Å². The molecule has 2 aromatic rings. The van der Waals surface area contributed by atoms with Crippen molar-refractivity contribution in [2.45, 2.75) is 38.0 Å². The van der Waals surface area contributed by atoms with E-state index in [1.807, 2.05) is 0 Å². The number of halogens is 3. The van der Waals surface area contributed by atoms with Crippen molar-refractivity contribution in [2.24, 2.45) is 5.92 Å². The number of para-hydroxylation sites is 1. The van der Waals surface area contributed by atoms with Gasteiger partial charge in [-0.15, -0.1) is 0 Å². The average Bonchev–Trinajstić information content (AvgIpc) is 3.23. The van der Waals surface area contributed by atoms with Crippen LogP contribution in [0.2, 0.25) is 0 Å². The van der Waals surface area contributed by atoms with Crippen molar-refractivity contribution in [1.82, 2.24) is 20.4 Å². The highest BCUT2D eigenvalue weighted by Gasteiger charge is 2.39. The molecular weight excluding hydrogens is 413 g/mol. The summed E-state index contributed by atoms with van der Waals surface area (Å²) in [5.41, 5.74) is -1.42. The number of aromatic nitrogens is 2. The van der Waals surface area contributed by atoms with E-state index in [9.17, 15) is 22.8 Å². The van der Waals surface area contributed by atoms with Crippen LogP contribution >= 0.6 is 0 Å². The largest absolute Gasteiger partial charge is 0.435 e. The summed E-state index contributed by atoms with van der Waals surface area (Å²) >= 11 is 0. The second-order valence-electron chi connectivity index (χ2n) is 7.43. The Kier molecular flexibility index (Phi) is 7.32. The zero-order valence-electron chi connectivity index (χ0n) is 17.1. The molecule has 1 heterocycles. The lowest BCUT2D eigenvalue weighted by atomic mass is 9.87. The Labute approximate surface area is 178 Å². The minimum Gasteiger partial charge on any atom is -0.381 e. The Hall–Kier alpha value is -2.88. The van der Waals surface area contributed by atoms with Gasteiger partial charge in [0.15, 0.2) is 5.69 Å². The normalized spacial score (nSPS) is 19.1. The van der Waals surface area contributed by atoms with Gasteiger partial charge in [0.25, 0.3) is 5.91 Å². The maximum atomic E-state index is 13.4. The summed E-state index contributed by atoms with van der Waals surface area (Å²) < 4.78 is 46.4. The molecule has 1 saturated carbocycles. The van der Waals surface area contributed by atoms with Crippen molar-refractivity contribution >= 4 is 11.8 Å². The molecule has 2 amide bonds. The molecule has 1 aromatic heterocycles. The molecule has 3 rings (SSSR count). The Balaban J connectivity index is 1.55. The minimum atomic E-state index is -4.78. The summed E-state index contributed by atoms with van der Waals surface area (Å²) in [7, 11) is 1.65. The first-order valence-electron chi connectivity index (χ1n) is 10.1. The molecule has 7 nitrogen and oxygen atoms in total. The monoisotopic (exact) mass is 438 g/mol. The molecule has 0 unspecified atom stereocenters. The molecule has 1 aliphatic carbocycles. The molecule has 168 valence electrons. The lowest BCUT2D eigenvalue weighted by Crippen LogP contribution is -2.39. The molecule has 31 heavy (non-hydrogen) atoms. The fourth-order valence-electron chi connectivity index (χ4n) is 3.62. The standard InChI is InChI=1S/C21H25F3N4O3/c1-31-16-9-7-14(8-10-16)19(29)25-11-12-26-20(30)17-13-28(15-5-3-2-4-6-15)27-18(17)21(22,23)24/h2-6,13-14,16H,7-12H2,1H3,(H,25,29)(H,26,30). The lowest BCUT2D eigenvalue weighted by molar-refractivity contribution is -0.141. The van der Waals surface area contributed by atoms with Gasteiger partial charge in [-0.25, -0.2) is 4.68 Å². The van der Waals surface area contributed by atoms with Gasteiger partial charge in [-0.1, -0.05) is 18.2 Å². The number of amides is 2. The van der Waals surface area contributed by atoms with Crippen LogP contribution in [0.1, 0.15) is 41.7 Å². The zero-order chi connectivity index (χ0) is 22.4. The fraction of sp³-hybridized carbons (Fsp3) is 0.476. The molecule has 1 aliphatic rings. The Morgan fingerprint density at radius 3 is 2.35 bits per heavy atom. The van der Waals surface area contributed by atoms with E-state index in [0.717, 1.165) is 36.6 Å². The van der Waals surface area contributed by atoms with Gasteiger partial charge in [0.1, 0.15) is 0 Å². The first-order valence-corrected chi connectivity index (χ1v) is 10.1. The van der Waals surface area contributed by atoms with E-state index < -0.39 is 23.3 Å². The molecule has 0 saturated heterocycles.